The smallest absolute Gasteiger partial charge is 0.255 e. The Balaban J connectivity index is 1.89. The Morgan fingerprint density at radius 1 is 1.19 bits per heavy atom. The number of carbonyl (C=O) groups excluding carboxylic acids is 1. The standard InChI is InChI=1S/C18H28N2O5S/c1-13-6-4-5-7-16(13)20-26(22,23)11-10-19-18(21)15-9-8-14(24-2)12-17(15)25-3/h8-9,12-13,16,20H,4-7,10-11H2,1-3H3,(H,19,21)/t13-,16-/m1/s1. The molecule has 1 amide bonds. The van der Waals surface area contributed by atoms with Crippen molar-refractivity contribution in [3.63, 3.8) is 0 Å². The average molecular weight is 384 g/mol. The molecule has 8 heteroatoms. The summed E-state index contributed by atoms with van der Waals surface area (Å²) in [6.07, 6.45) is 4.11. The molecule has 1 fully saturated rings. The number of ether oxygens (including phenoxy) is 2. The molecule has 0 bridgehead atoms. The summed E-state index contributed by atoms with van der Waals surface area (Å²) in [6, 6.07) is 4.84. The van der Waals surface area contributed by atoms with Crippen molar-refractivity contribution in [2.45, 2.75) is 38.6 Å². The Morgan fingerprint density at radius 2 is 1.92 bits per heavy atom. The zero-order valence-electron chi connectivity index (χ0n) is 15.6. The number of nitrogens with one attached hydrogen (secondary N) is 2. The molecule has 0 spiro atoms. The van der Waals surface area contributed by atoms with Crippen LogP contribution in [0.5, 0.6) is 11.5 Å². The molecule has 0 heterocycles. The second-order valence-electron chi connectivity index (χ2n) is 6.63. The number of sulfonamides is 1. The summed E-state index contributed by atoms with van der Waals surface area (Å²) in [6.45, 7) is 2.11. The Bertz CT molecular complexity index is 720. The van der Waals surface area contributed by atoms with Crippen LogP contribution < -0.4 is 19.5 Å². The first-order valence-corrected chi connectivity index (χ1v) is 10.5. The van der Waals surface area contributed by atoms with E-state index < -0.39 is 10.0 Å². The van der Waals surface area contributed by atoms with Crippen LogP contribution in [0.2, 0.25) is 0 Å². The van der Waals surface area contributed by atoms with Gasteiger partial charge in [0.1, 0.15) is 11.5 Å². The van der Waals surface area contributed by atoms with E-state index >= 15 is 0 Å². The van der Waals surface area contributed by atoms with Gasteiger partial charge in [-0.15, -0.1) is 0 Å². The van der Waals surface area contributed by atoms with Gasteiger partial charge in [-0.05, 0) is 30.9 Å². The van der Waals surface area contributed by atoms with E-state index in [0.29, 0.717) is 23.0 Å². The van der Waals surface area contributed by atoms with Gasteiger partial charge >= 0.3 is 0 Å². The summed E-state index contributed by atoms with van der Waals surface area (Å²) >= 11 is 0. The highest BCUT2D eigenvalue weighted by molar-refractivity contribution is 7.89. The van der Waals surface area contributed by atoms with Gasteiger partial charge in [-0.3, -0.25) is 4.79 Å². The van der Waals surface area contributed by atoms with Crippen LogP contribution in [0.25, 0.3) is 0 Å². The van der Waals surface area contributed by atoms with Crippen LogP contribution >= 0.6 is 0 Å². The van der Waals surface area contributed by atoms with Gasteiger partial charge in [-0.2, -0.15) is 0 Å². The molecule has 0 aromatic heterocycles. The maximum absolute atomic E-state index is 12.3. The van der Waals surface area contributed by atoms with Crippen LogP contribution in [-0.2, 0) is 10.0 Å². The van der Waals surface area contributed by atoms with Gasteiger partial charge in [0.05, 0.1) is 25.5 Å². The van der Waals surface area contributed by atoms with Gasteiger partial charge in [0.2, 0.25) is 10.0 Å². The molecular formula is C18H28N2O5S. The average Bonchev–Trinajstić information content (AvgIpc) is 2.62. The van der Waals surface area contributed by atoms with Crippen molar-refractivity contribution in [1.29, 1.82) is 0 Å². The van der Waals surface area contributed by atoms with Gasteiger partial charge < -0.3 is 14.8 Å². The lowest BCUT2D eigenvalue weighted by molar-refractivity contribution is 0.0953. The third-order valence-electron chi connectivity index (χ3n) is 4.75. The molecule has 7 nitrogen and oxygen atoms in total. The number of amides is 1. The first kappa shape index (κ1) is 20.5. The van der Waals surface area contributed by atoms with E-state index in [1.54, 1.807) is 18.2 Å². The highest BCUT2D eigenvalue weighted by atomic mass is 32.2. The lowest BCUT2D eigenvalue weighted by Crippen LogP contribution is -2.43. The summed E-state index contributed by atoms with van der Waals surface area (Å²) in [4.78, 5) is 12.3. The molecule has 1 aromatic carbocycles. The summed E-state index contributed by atoms with van der Waals surface area (Å²) in [5.74, 6) is 0.758. The molecule has 1 saturated carbocycles. The highest BCUT2D eigenvalue weighted by Gasteiger charge is 2.25. The normalized spacial score (nSPS) is 20.4. The summed E-state index contributed by atoms with van der Waals surface area (Å²) < 4.78 is 37.6. The first-order chi connectivity index (χ1) is 12.4. The molecule has 1 aromatic rings. The second-order valence-corrected chi connectivity index (χ2v) is 8.50. The predicted octanol–water partition coefficient (Wildman–Crippen LogP) is 1.93. The molecule has 2 atom stereocenters. The fourth-order valence-electron chi connectivity index (χ4n) is 3.16. The third-order valence-corrected chi connectivity index (χ3v) is 6.16. The molecule has 146 valence electrons. The minimum absolute atomic E-state index is 0.00821. The van der Waals surface area contributed by atoms with E-state index in [-0.39, 0.29) is 24.2 Å². The van der Waals surface area contributed by atoms with Crippen LogP contribution in [0, 0.1) is 5.92 Å². The van der Waals surface area contributed by atoms with Crippen molar-refractivity contribution < 1.29 is 22.7 Å². The number of carbonyl (C=O) groups is 1. The van der Waals surface area contributed by atoms with Crippen LogP contribution in [0.4, 0.5) is 0 Å². The molecular weight excluding hydrogens is 356 g/mol. The van der Waals surface area contributed by atoms with Gasteiger partial charge in [0, 0.05) is 18.7 Å². The van der Waals surface area contributed by atoms with E-state index in [1.165, 1.54) is 14.2 Å². The molecule has 0 saturated heterocycles. The fraction of sp³-hybridized carbons (Fsp3) is 0.611. The van der Waals surface area contributed by atoms with Crippen LogP contribution in [0.3, 0.4) is 0 Å². The summed E-state index contributed by atoms with van der Waals surface area (Å²) in [5.41, 5.74) is 0.333. The van der Waals surface area contributed by atoms with E-state index in [4.69, 9.17) is 9.47 Å². The zero-order chi connectivity index (χ0) is 19.2. The van der Waals surface area contributed by atoms with Crippen LogP contribution in [0.15, 0.2) is 18.2 Å². The number of benzene rings is 1. The maximum Gasteiger partial charge on any atom is 0.255 e. The van der Waals surface area contributed by atoms with Gasteiger partial charge in [-0.25, -0.2) is 13.1 Å². The van der Waals surface area contributed by atoms with Crippen molar-refractivity contribution in [1.82, 2.24) is 10.0 Å². The van der Waals surface area contributed by atoms with Crippen molar-refractivity contribution in [2.75, 3.05) is 26.5 Å². The SMILES string of the molecule is COc1ccc(C(=O)NCCS(=O)(=O)N[C@@H]2CCCC[C@H]2C)c(OC)c1. The Labute approximate surface area is 155 Å². The molecule has 0 aliphatic heterocycles. The fourth-order valence-corrected chi connectivity index (χ4v) is 4.46. The van der Waals surface area contributed by atoms with Gasteiger partial charge in [0.15, 0.2) is 0 Å². The summed E-state index contributed by atoms with van der Waals surface area (Å²) in [7, 11) is -0.443. The molecule has 1 aliphatic carbocycles. The quantitative estimate of drug-likeness (QED) is 0.714. The minimum Gasteiger partial charge on any atom is -0.497 e. The number of rotatable bonds is 8. The molecule has 0 unspecified atom stereocenters. The Hall–Kier alpha value is -1.80. The monoisotopic (exact) mass is 384 g/mol. The first-order valence-electron chi connectivity index (χ1n) is 8.86. The molecule has 2 rings (SSSR count). The summed E-state index contributed by atoms with van der Waals surface area (Å²) in [5, 5.41) is 2.64. The Morgan fingerprint density at radius 3 is 2.58 bits per heavy atom. The van der Waals surface area contributed by atoms with E-state index in [0.717, 1.165) is 25.7 Å². The molecule has 2 N–H and O–H groups in total. The van der Waals surface area contributed by atoms with Gasteiger partial charge in [0.25, 0.3) is 5.91 Å². The second kappa shape index (κ2) is 9.23. The zero-order valence-corrected chi connectivity index (χ0v) is 16.4. The Kier molecular flexibility index (Phi) is 7.28. The lowest BCUT2D eigenvalue weighted by Gasteiger charge is -2.29. The van der Waals surface area contributed by atoms with Crippen LogP contribution in [-0.4, -0.2) is 46.9 Å². The predicted molar refractivity (Wildman–Crippen MR) is 100 cm³/mol. The molecule has 26 heavy (non-hydrogen) atoms. The third kappa shape index (κ3) is 5.60. The van der Waals surface area contributed by atoms with Crippen molar-refractivity contribution in [3.05, 3.63) is 23.8 Å². The van der Waals surface area contributed by atoms with Crippen LogP contribution in [0.1, 0.15) is 43.0 Å². The topological polar surface area (TPSA) is 93.7 Å². The van der Waals surface area contributed by atoms with E-state index in [9.17, 15) is 13.2 Å². The molecule has 1 aliphatic rings. The van der Waals surface area contributed by atoms with Crippen molar-refractivity contribution in [3.8, 4) is 11.5 Å². The number of hydrogen-bond donors (Lipinski definition) is 2. The number of methoxy groups -OCH3 is 2. The van der Waals surface area contributed by atoms with Crippen molar-refractivity contribution >= 4 is 15.9 Å². The minimum atomic E-state index is -3.43. The number of hydrogen-bond acceptors (Lipinski definition) is 5. The lowest BCUT2D eigenvalue weighted by atomic mass is 9.87. The van der Waals surface area contributed by atoms with Crippen molar-refractivity contribution in [2.24, 2.45) is 5.92 Å². The maximum atomic E-state index is 12.3. The highest BCUT2D eigenvalue weighted by Crippen LogP contribution is 2.25. The van der Waals surface area contributed by atoms with E-state index in [1.807, 2.05) is 0 Å². The van der Waals surface area contributed by atoms with E-state index in [2.05, 4.69) is 17.0 Å². The molecule has 0 radical (unpaired) electrons. The van der Waals surface area contributed by atoms with Gasteiger partial charge in [-0.1, -0.05) is 19.8 Å². The largest absolute Gasteiger partial charge is 0.497 e.